The topological polar surface area (TPSA) is 64.0 Å². The minimum Gasteiger partial charge on any atom is -0.393 e. The molecule has 126 valence electrons. The van der Waals surface area contributed by atoms with Gasteiger partial charge >= 0.3 is 0 Å². The van der Waals surface area contributed by atoms with Crippen LogP contribution < -0.4 is 0 Å². The molecular formula is C15H32N2O3S. The average molecular weight is 320 g/mol. The molecule has 0 aromatic heterocycles. The summed E-state index contributed by atoms with van der Waals surface area (Å²) in [5.41, 5.74) is 0. The molecule has 1 saturated heterocycles. The molecule has 0 aromatic rings. The molecular weight excluding hydrogens is 288 g/mol. The Kier molecular flexibility index (Phi) is 8.34. The van der Waals surface area contributed by atoms with Gasteiger partial charge in [0.15, 0.2) is 11.1 Å². The van der Waals surface area contributed by atoms with Crippen LogP contribution in [0.5, 0.6) is 0 Å². The molecule has 4 atom stereocenters. The lowest BCUT2D eigenvalue weighted by molar-refractivity contribution is 0.0311. The molecule has 4 unspecified atom stereocenters. The fourth-order valence-electron chi connectivity index (χ4n) is 3.62. The number of piperidine rings is 1. The summed E-state index contributed by atoms with van der Waals surface area (Å²) >= 11 is -1.85. The summed E-state index contributed by atoms with van der Waals surface area (Å²) < 4.78 is 21.6. The maximum absolute atomic E-state index is 11.8. The Hall–Kier alpha value is -0.0100. The van der Waals surface area contributed by atoms with E-state index in [-0.39, 0.29) is 17.4 Å². The van der Waals surface area contributed by atoms with Gasteiger partial charge in [0, 0.05) is 25.0 Å². The predicted octanol–water partition coefficient (Wildman–Crippen LogP) is 1.75. The van der Waals surface area contributed by atoms with Crippen LogP contribution in [0.2, 0.25) is 0 Å². The zero-order chi connectivity index (χ0) is 16.0. The molecule has 0 aromatic carbocycles. The Morgan fingerprint density at radius 2 is 1.86 bits per heavy atom. The molecule has 2 N–H and O–H groups in total. The van der Waals surface area contributed by atoms with Gasteiger partial charge in [0.2, 0.25) is 0 Å². The van der Waals surface area contributed by atoms with Crippen molar-refractivity contribution in [2.75, 3.05) is 27.2 Å². The van der Waals surface area contributed by atoms with Crippen molar-refractivity contribution in [3.63, 3.8) is 0 Å². The highest BCUT2D eigenvalue weighted by Crippen LogP contribution is 2.29. The van der Waals surface area contributed by atoms with Crippen LogP contribution in [0, 0.1) is 5.92 Å². The van der Waals surface area contributed by atoms with Gasteiger partial charge in [-0.1, -0.05) is 20.3 Å². The molecule has 0 saturated carbocycles. The van der Waals surface area contributed by atoms with Crippen LogP contribution in [0.4, 0.5) is 0 Å². The van der Waals surface area contributed by atoms with Crippen molar-refractivity contribution in [1.29, 1.82) is 0 Å². The van der Waals surface area contributed by atoms with Crippen LogP contribution in [-0.2, 0) is 11.1 Å². The lowest BCUT2D eigenvalue weighted by Gasteiger charge is -2.43. The lowest BCUT2D eigenvalue weighted by Crippen LogP contribution is -2.52. The van der Waals surface area contributed by atoms with Crippen molar-refractivity contribution in [1.82, 2.24) is 9.80 Å². The third-order valence-corrected chi connectivity index (χ3v) is 5.77. The molecule has 1 rings (SSSR count). The van der Waals surface area contributed by atoms with E-state index in [1.54, 1.807) is 0 Å². The van der Waals surface area contributed by atoms with E-state index in [1.807, 2.05) is 19.0 Å². The Labute approximate surface area is 132 Å². The summed E-state index contributed by atoms with van der Waals surface area (Å²) in [4.78, 5) is 4.30. The SMILES string of the molecule is CCCC(C(CC)N1CCC(O)CC1)C(N(C)C)S(=O)O. The van der Waals surface area contributed by atoms with Crippen LogP contribution in [-0.4, -0.2) is 68.4 Å². The van der Waals surface area contributed by atoms with Gasteiger partial charge in [-0.2, -0.15) is 0 Å². The first kappa shape index (κ1) is 19.0. The van der Waals surface area contributed by atoms with Gasteiger partial charge < -0.3 is 9.66 Å². The fraction of sp³-hybridized carbons (Fsp3) is 1.00. The van der Waals surface area contributed by atoms with E-state index in [1.165, 1.54) is 0 Å². The van der Waals surface area contributed by atoms with Gasteiger partial charge in [0.1, 0.15) is 5.37 Å². The maximum Gasteiger partial charge on any atom is 0.171 e. The number of nitrogens with zero attached hydrogens (tertiary/aromatic N) is 2. The Bertz CT molecular complexity index is 320. The predicted molar refractivity (Wildman–Crippen MR) is 87.5 cm³/mol. The van der Waals surface area contributed by atoms with E-state index in [4.69, 9.17) is 0 Å². The molecule has 21 heavy (non-hydrogen) atoms. The normalized spacial score (nSPS) is 24.0. The average Bonchev–Trinajstić information content (AvgIpc) is 2.41. The maximum atomic E-state index is 11.8. The molecule has 5 nitrogen and oxygen atoms in total. The van der Waals surface area contributed by atoms with Crippen LogP contribution in [0.15, 0.2) is 0 Å². The summed E-state index contributed by atoms with van der Waals surface area (Å²) in [7, 11) is 3.77. The van der Waals surface area contributed by atoms with Gasteiger partial charge in [-0.25, -0.2) is 4.21 Å². The molecule has 1 fully saturated rings. The third kappa shape index (κ3) is 5.28. The zero-order valence-electron chi connectivity index (χ0n) is 13.9. The molecule has 6 heteroatoms. The lowest BCUT2D eigenvalue weighted by atomic mass is 9.89. The highest BCUT2D eigenvalue weighted by atomic mass is 32.2. The highest BCUT2D eigenvalue weighted by molar-refractivity contribution is 7.79. The van der Waals surface area contributed by atoms with Crippen LogP contribution >= 0.6 is 0 Å². The zero-order valence-corrected chi connectivity index (χ0v) is 14.7. The van der Waals surface area contributed by atoms with Crippen LogP contribution in [0.25, 0.3) is 0 Å². The van der Waals surface area contributed by atoms with E-state index in [2.05, 4.69) is 18.7 Å². The number of aliphatic hydroxyl groups is 1. The summed E-state index contributed by atoms with van der Waals surface area (Å²) in [6.45, 7) is 6.06. The first-order valence-electron chi connectivity index (χ1n) is 8.10. The van der Waals surface area contributed by atoms with E-state index in [0.717, 1.165) is 45.2 Å². The Morgan fingerprint density at radius 3 is 2.24 bits per heavy atom. The fourth-order valence-corrected chi connectivity index (χ4v) is 4.60. The van der Waals surface area contributed by atoms with Crippen molar-refractivity contribution in [3.8, 4) is 0 Å². The molecule has 1 aliphatic rings. The summed E-state index contributed by atoms with van der Waals surface area (Å²) in [6.07, 6.45) is 4.38. The molecule has 0 spiro atoms. The molecule has 0 radical (unpaired) electrons. The van der Waals surface area contributed by atoms with Gasteiger partial charge in [-0.15, -0.1) is 0 Å². The molecule has 0 aliphatic carbocycles. The molecule has 1 heterocycles. The first-order valence-corrected chi connectivity index (χ1v) is 9.27. The number of hydrogen-bond donors (Lipinski definition) is 2. The number of likely N-dealkylation sites (tertiary alicyclic amines) is 1. The van der Waals surface area contributed by atoms with E-state index < -0.39 is 11.1 Å². The second-order valence-electron chi connectivity index (χ2n) is 6.33. The minimum absolute atomic E-state index is 0.177. The van der Waals surface area contributed by atoms with Crippen molar-refractivity contribution < 1.29 is 13.9 Å². The standard InChI is InChI=1S/C15H32N2O3S/c1-5-7-13(15(16(3)4)21(19)20)14(6-2)17-10-8-12(18)9-11-17/h12-15,18H,5-11H2,1-4H3,(H,19,20). The second-order valence-corrected chi connectivity index (χ2v) is 7.36. The van der Waals surface area contributed by atoms with Crippen molar-refractivity contribution >= 4 is 11.1 Å². The van der Waals surface area contributed by atoms with Gasteiger partial charge in [-0.05, 0) is 39.8 Å². The van der Waals surface area contributed by atoms with E-state index >= 15 is 0 Å². The van der Waals surface area contributed by atoms with Crippen molar-refractivity contribution in [2.24, 2.45) is 5.92 Å². The Morgan fingerprint density at radius 1 is 1.29 bits per heavy atom. The minimum atomic E-state index is -1.85. The molecule has 0 amide bonds. The van der Waals surface area contributed by atoms with Crippen molar-refractivity contribution in [2.45, 2.75) is 63.5 Å². The molecule has 1 aliphatic heterocycles. The van der Waals surface area contributed by atoms with Gasteiger partial charge in [0.05, 0.1) is 6.10 Å². The monoisotopic (exact) mass is 320 g/mol. The largest absolute Gasteiger partial charge is 0.393 e. The van der Waals surface area contributed by atoms with E-state index in [9.17, 15) is 13.9 Å². The van der Waals surface area contributed by atoms with Crippen molar-refractivity contribution in [3.05, 3.63) is 0 Å². The smallest absolute Gasteiger partial charge is 0.171 e. The van der Waals surface area contributed by atoms with E-state index in [0.29, 0.717) is 6.04 Å². The second kappa shape index (κ2) is 9.20. The van der Waals surface area contributed by atoms with Gasteiger partial charge in [-0.3, -0.25) is 9.80 Å². The quantitative estimate of drug-likeness (QED) is 0.667. The third-order valence-electron chi connectivity index (χ3n) is 4.58. The van der Waals surface area contributed by atoms with Crippen LogP contribution in [0.1, 0.15) is 46.0 Å². The van der Waals surface area contributed by atoms with Crippen LogP contribution in [0.3, 0.4) is 0 Å². The number of rotatable bonds is 8. The molecule has 0 bridgehead atoms. The summed E-state index contributed by atoms with van der Waals surface area (Å²) in [6, 6.07) is 0.306. The first-order chi connectivity index (χ1) is 9.92. The highest BCUT2D eigenvalue weighted by Gasteiger charge is 2.37. The number of aliphatic hydroxyl groups excluding tert-OH is 1. The summed E-state index contributed by atoms with van der Waals surface area (Å²) in [5, 5.41) is 9.35. The summed E-state index contributed by atoms with van der Waals surface area (Å²) in [5.74, 6) is 0.177. The Balaban J connectivity index is 2.90. The van der Waals surface area contributed by atoms with Gasteiger partial charge in [0.25, 0.3) is 0 Å². The number of hydrogen-bond acceptors (Lipinski definition) is 4.